The second-order valence-corrected chi connectivity index (χ2v) is 5.60. The molecule has 0 fully saturated rings. The molecule has 9 heteroatoms. The largest absolute Gasteiger partial charge is 0.453 e. The molecule has 0 saturated carbocycles. The molecule has 1 aromatic carbocycles. The van der Waals surface area contributed by atoms with Gasteiger partial charge in [0, 0.05) is 37.7 Å². The van der Waals surface area contributed by atoms with E-state index in [4.69, 9.17) is 0 Å². The number of nitrogens with zero attached hydrogens (tertiary/aromatic N) is 5. The third-order valence-electron chi connectivity index (χ3n) is 3.52. The van der Waals surface area contributed by atoms with Crippen LogP contribution in [0.5, 0.6) is 0 Å². The molecule has 0 spiro atoms. The fourth-order valence-corrected chi connectivity index (χ4v) is 2.17. The molecule has 134 valence electrons. The van der Waals surface area contributed by atoms with Crippen molar-refractivity contribution in [1.29, 1.82) is 0 Å². The van der Waals surface area contributed by atoms with Crippen molar-refractivity contribution < 1.29 is 9.53 Å². The molecule has 0 atom stereocenters. The van der Waals surface area contributed by atoms with E-state index < -0.39 is 6.09 Å². The molecule has 9 nitrogen and oxygen atoms in total. The summed E-state index contributed by atoms with van der Waals surface area (Å²) in [4.78, 5) is 21.6. The minimum Gasteiger partial charge on any atom is -0.453 e. The summed E-state index contributed by atoms with van der Waals surface area (Å²) < 4.78 is 6.22. The summed E-state index contributed by atoms with van der Waals surface area (Å²) in [7, 11) is 5.18. The zero-order valence-electron chi connectivity index (χ0n) is 14.7. The lowest BCUT2D eigenvalue weighted by Crippen LogP contribution is -2.11. The van der Waals surface area contributed by atoms with E-state index in [-0.39, 0.29) is 0 Å². The summed E-state index contributed by atoms with van der Waals surface area (Å²) in [5.41, 5.74) is 2.29. The van der Waals surface area contributed by atoms with Crippen molar-refractivity contribution in [2.24, 2.45) is 0 Å². The molecule has 26 heavy (non-hydrogen) atoms. The van der Waals surface area contributed by atoms with Gasteiger partial charge in [-0.25, -0.2) is 14.5 Å². The fourth-order valence-electron chi connectivity index (χ4n) is 2.17. The van der Waals surface area contributed by atoms with Crippen molar-refractivity contribution in [3.63, 3.8) is 0 Å². The van der Waals surface area contributed by atoms with E-state index in [0.717, 1.165) is 17.2 Å². The molecule has 2 heterocycles. The highest BCUT2D eigenvalue weighted by Gasteiger charge is 2.06. The van der Waals surface area contributed by atoms with E-state index in [1.165, 1.54) is 7.11 Å². The van der Waals surface area contributed by atoms with Crippen LogP contribution in [-0.4, -0.2) is 47.0 Å². The minimum atomic E-state index is -0.513. The Hall–Kier alpha value is -3.62. The first-order valence-corrected chi connectivity index (χ1v) is 7.82. The molecule has 2 N–H and O–H groups in total. The first-order valence-electron chi connectivity index (χ1n) is 7.82. The quantitative estimate of drug-likeness (QED) is 0.728. The second-order valence-electron chi connectivity index (χ2n) is 5.60. The maximum absolute atomic E-state index is 11.2. The Morgan fingerprint density at radius 1 is 1.12 bits per heavy atom. The van der Waals surface area contributed by atoms with Crippen molar-refractivity contribution in [2.45, 2.75) is 0 Å². The lowest BCUT2D eigenvalue weighted by Gasteiger charge is -2.11. The summed E-state index contributed by atoms with van der Waals surface area (Å²) in [6, 6.07) is 10.9. The molecular weight excluding hydrogens is 334 g/mol. The Kier molecular flexibility index (Phi) is 4.97. The van der Waals surface area contributed by atoms with Crippen LogP contribution in [0, 0.1) is 0 Å². The molecule has 3 aromatic rings. The van der Waals surface area contributed by atoms with Gasteiger partial charge in [-0.1, -0.05) is 0 Å². The standard InChI is InChI=1S/C17H19N7O2/c1-23(2)15-10-14(8-9-18-15)24-11-19-16(22-24)20-12-4-6-13(7-5-12)21-17(25)26-3/h4-11H,1-3H3,(H,20,22)(H,21,25). The number of ether oxygens (including phenoxy) is 1. The maximum Gasteiger partial charge on any atom is 0.411 e. The monoisotopic (exact) mass is 353 g/mol. The van der Waals surface area contributed by atoms with E-state index >= 15 is 0 Å². The van der Waals surface area contributed by atoms with Gasteiger partial charge in [-0.3, -0.25) is 5.32 Å². The average molecular weight is 353 g/mol. The Balaban J connectivity index is 1.70. The van der Waals surface area contributed by atoms with Crippen molar-refractivity contribution in [3.8, 4) is 5.69 Å². The molecule has 3 rings (SSSR count). The molecule has 0 radical (unpaired) electrons. The number of nitrogens with one attached hydrogen (secondary N) is 2. The van der Waals surface area contributed by atoms with E-state index in [2.05, 4.69) is 30.4 Å². The fraction of sp³-hybridized carbons (Fsp3) is 0.176. The Morgan fingerprint density at radius 3 is 2.54 bits per heavy atom. The highest BCUT2D eigenvalue weighted by molar-refractivity contribution is 5.84. The van der Waals surface area contributed by atoms with Crippen LogP contribution in [0.3, 0.4) is 0 Å². The number of carbonyl (C=O) groups excluding carboxylic acids is 1. The predicted molar refractivity (Wildman–Crippen MR) is 99.2 cm³/mol. The number of aromatic nitrogens is 4. The molecule has 0 unspecified atom stereocenters. The van der Waals surface area contributed by atoms with E-state index in [1.807, 2.05) is 43.3 Å². The van der Waals surface area contributed by atoms with Gasteiger partial charge in [0.15, 0.2) is 0 Å². The summed E-state index contributed by atoms with van der Waals surface area (Å²) in [6.07, 6.45) is 2.84. The van der Waals surface area contributed by atoms with Crippen LogP contribution in [-0.2, 0) is 4.74 Å². The molecule has 0 aliphatic heterocycles. The van der Waals surface area contributed by atoms with Gasteiger partial charge >= 0.3 is 6.09 Å². The van der Waals surface area contributed by atoms with Gasteiger partial charge in [0.1, 0.15) is 12.1 Å². The summed E-state index contributed by atoms with van der Waals surface area (Å²) in [6.45, 7) is 0. The van der Waals surface area contributed by atoms with Crippen molar-refractivity contribution in [1.82, 2.24) is 19.7 Å². The second kappa shape index (κ2) is 7.51. The number of pyridine rings is 1. The number of hydrogen-bond donors (Lipinski definition) is 2. The highest BCUT2D eigenvalue weighted by Crippen LogP contribution is 2.18. The maximum atomic E-state index is 11.2. The highest BCUT2D eigenvalue weighted by atomic mass is 16.5. The van der Waals surface area contributed by atoms with E-state index in [1.54, 1.807) is 29.3 Å². The van der Waals surface area contributed by atoms with Crippen LogP contribution < -0.4 is 15.5 Å². The number of methoxy groups -OCH3 is 1. The summed E-state index contributed by atoms with van der Waals surface area (Å²) in [5, 5.41) is 10.1. The molecule has 0 aliphatic rings. The molecular formula is C17H19N7O2. The predicted octanol–water partition coefficient (Wildman–Crippen LogP) is 2.65. The topological polar surface area (TPSA) is 97.2 Å². The summed E-state index contributed by atoms with van der Waals surface area (Å²) in [5.74, 6) is 1.29. The van der Waals surface area contributed by atoms with E-state index in [0.29, 0.717) is 11.6 Å². The third-order valence-corrected chi connectivity index (χ3v) is 3.52. The number of benzene rings is 1. The van der Waals surface area contributed by atoms with Gasteiger partial charge in [0.2, 0.25) is 5.95 Å². The van der Waals surface area contributed by atoms with Crippen LogP contribution in [0.2, 0.25) is 0 Å². The lowest BCUT2D eigenvalue weighted by molar-refractivity contribution is 0.187. The smallest absolute Gasteiger partial charge is 0.411 e. The molecule has 0 bridgehead atoms. The van der Waals surface area contributed by atoms with Crippen LogP contribution in [0.25, 0.3) is 5.69 Å². The van der Waals surface area contributed by atoms with Crippen molar-refractivity contribution in [2.75, 3.05) is 36.7 Å². The molecule has 1 amide bonds. The number of amides is 1. The molecule has 0 aliphatic carbocycles. The zero-order chi connectivity index (χ0) is 18.5. The summed E-state index contributed by atoms with van der Waals surface area (Å²) >= 11 is 0. The zero-order valence-corrected chi connectivity index (χ0v) is 14.7. The van der Waals surface area contributed by atoms with Crippen LogP contribution in [0.1, 0.15) is 0 Å². The van der Waals surface area contributed by atoms with Gasteiger partial charge in [0.05, 0.1) is 12.8 Å². The number of anilines is 4. The first-order chi connectivity index (χ1) is 12.5. The van der Waals surface area contributed by atoms with Gasteiger partial charge in [0.25, 0.3) is 0 Å². The molecule has 0 saturated heterocycles. The van der Waals surface area contributed by atoms with Crippen molar-refractivity contribution in [3.05, 3.63) is 48.9 Å². The lowest BCUT2D eigenvalue weighted by atomic mass is 10.3. The van der Waals surface area contributed by atoms with Gasteiger partial charge in [-0.05, 0) is 30.3 Å². The number of carbonyl (C=O) groups is 1. The van der Waals surface area contributed by atoms with Crippen LogP contribution >= 0.6 is 0 Å². The van der Waals surface area contributed by atoms with Crippen LogP contribution in [0.4, 0.5) is 27.9 Å². The number of hydrogen-bond acceptors (Lipinski definition) is 7. The van der Waals surface area contributed by atoms with Gasteiger partial charge in [-0.15, -0.1) is 5.10 Å². The average Bonchev–Trinajstić information content (AvgIpc) is 3.12. The Labute approximate surface area is 150 Å². The SMILES string of the molecule is COC(=O)Nc1ccc(Nc2ncn(-c3ccnc(N(C)C)c3)n2)cc1. The number of rotatable bonds is 5. The third kappa shape index (κ3) is 4.07. The Bertz CT molecular complexity index is 890. The van der Waals surface area contributed by atoms with Crippen LogP contribution in [0.15, 0.2) is 48.9 Å². The minimum absolute atomic E-state index is 0.460. The van der Waals surface area contributed by atoms with Gasteiger partial charge in [-0.2, -0.15) is 4.98 Å². The van der Waals surface area contributed by atoms with Gasteiger partial charge < -0.3 is 15.0 Å². The van der Waals surface area contributed by atoms with E-state index in [9.17, 15) is 4.79 Å². The molecule has 2 aromatic heterocycles. The first kappa shape index (κ1) is 17.2. The Morgan fingerprint density at radius 2 is 1.85 bits per heavy atom. The normalized spacial score (nSPS) is 10.3. The van der Waals surface area contributed by atoms with Crippen molar-refractivity contribution >= 4 is 29.2 Å².